The number of carboxylic acid groups (broad SMARTS) is 1. The minimum atomic E-state index is -1.46. The van der Waals surface area contributed by atoms with Crippen LogP contribution in [0.1, 0.15) is 53.4 Å². The fourth-order valence-corrected chi connectivity index (χ4v) is 3.26. The van der Waals surface area contributed by atoms with Gasteiger partial charge in [0, 0.05) is 0 Å². The van der Waals surface area contributed by atoms with E-state index in [1.54, 1.807) is 6.92 Å². The summed E-state index contributed by atoms with van der Waals surface area (Å²) in [5.41, 5.74) is 0. The van der Waals surface area contributed by atoms with Crippen LogP contribution in [0.3, 0.4) is 0 Å². The lowest BCUT2D eigenvalue weighted by Crippen LogP contribution is -2.60. The van der Waals surface area contributed by atoms with E-state index < -0.39 is 42.5 Å². The molecule has 0 aromatic carbocycles. The van der Waals surface area contributed by atoms with Crippen molar-refractivity contribution < 1.29 is 29.4 Å². The van der Waals surface area contributed by atoms with Gasteiger partial charge in [0.2, 0.25) is 17.7 Å². The monoisotopic (exact) mass is 428 g/mol. The molecule has 0 saturated carbocycles. The zero-order chi connectivity index (χ0) is 22.8. The number of hydrogen-bond donors (Lipinski definition) is 6. The van der Waals surface area contributed by atoms with Crippen LogP contribution in [0.5, 0.6) is 0 Å². The molecular formula is C20H36N4O6. The highest BCUT2D eigenvalue weighted by atomic mass is 16.4. The number of carbonyl (C=O) groups is 4. The first-order valence-corrected chi connectivity index (χ1v) is 10.6. The van der Waals surface area contributed by atoms with E-state index in [9.17, 15) is 19.2 Å². The van der Waals surface area contributed by atoms with E-state index in [4.69, 9.17) is 10.2 Å². The Morgan fingerprint density at radius 3 is 1.93 bits per heavy atom. The molecule has 172 valence electrons. The zero-order valence-electron chi connectivity index (χ0n) is 18.2. The zero-order valence-corrected chi connectivity index (χ0v) is 18.2. The normalized spacial score (nSPS) is 21.0. The van der Waals surface area contributed by atoms with E-state index in [1.165, 1.54) is 0 Å². The van der Waals surface area contributed by atoms with Crippen LogP contribution in [0.4, 0.5) is 0 Å². The van der Waals surface area contributed by atoms with Gasteiger partial charge in [-0.05, 0) is 31.2 Å². The van der Waals surface area contributed by atoms with Gasteiger partial charge in [-0.1, -0.05) is 40.5 Å². The van der Waals surface area contributed by atoms with Gasteiger partial charge in [0.1, 0.15) is 18.1 Å². The van der Waals surface area contributed by atoms with Crippen LogP contribution in [0, 0.1) is 11.8 Å². The van der Waals surface area contributed by atoms with Crippen LogP contribution in [0.25, 0.3) is 0 Å². The Kier molecular flexibility index (Phi) is 10.8. The molecule has 10 heteroatoms. The molecule has 1 saturated heterocycles. The number of carboxylic acids is 1. The minimum absolute atomic E-state index is 0.166. The number of rotatable bonds is 12. The fraction of sp³-hybridized carbons (Fsp3) is 0.800. The van der Waals surface area contributed by atoms with Crippen molar-refractivity contribution in [2.24, 2.45) is 11.8 Å². The summed E-state index contributed by atoms with van der Waals surface area (Å²) in [6, 6.07) is -3.61. The Morgan fingerprint density at radius 2 is 1.50 bits per heavy atom. The molecule has 0 aromatic heterocycles. The first-order valence-electron chi connectivity index (χ1n) is 10.6. The van der Waals surface area contributed by atoms with Gasteiger partial charge < -0.3 is 31.5 Å². The van der Waals surface area contributed by atoms with Gasteiger partial charge in [-0.2, -0.15) is 0 Å². The second-order valence-electron chi connectivity index (χ2n) is 7.97. The van der Waals surface area contributed by atoms with Gasteiger partial charge in [0.05, 0.1) is 12.6 Å². The topological polar surface area (TPSA) is 157 Å². The molecule has 3 amide bonds. The van der Waals surface area contributed by atoms with E-state index in [1.807, 2.05) is 20.8 Å². The van der Waals surface area contributed by atoms with E-state index in [0.29, 0.717) is 19.3 Å². The lowest BCUT2D eigenvalue weighted by molar-refractivity contribution is -0.143. The van der Waals surface area contributed by atoms with Gasteiger partial charge >= 0.3 is 5.97 Å². The van der Waals surface area contributed by atoms with Crippen LogP contribution < -0.4 is 21.3 Å². The third kappa shape index (κ3) is 7.24. The number of nitrogens with one attached hydrogen (secondary N) is 4. The van der Waals surface area contributed by atoms with Crippen molar-refractivity contribution in [1.82, 2.24) is 21.3 Å². The maximum absolute atomic E-state index is 13.0. The van der Waals surface area contributed by atoms with E-state index >= 15 is 0 Å². The molecular weight excluding hydrogens is 392 g/mol. The van der Waals surface area contributed by atoms with Crippen molar-refractivity contribution in [2.75, 3.05) is 13.2 Å². The highest BCUT2D eigenvalue weighted by Crippen LogP contribution is 2.14. The Morgan fingerprint density at radius 1 is 0.967 bits per heavy atom. The quantitative estimate of drug-likeness (QED) is 0.241. The predicted octanol–water partition coefficient (Wildman–Crippen LogP) is -0.638. The van der Waals surface area contributed by atoms with Crippen LogP contribution in [-0.2, 0) is 19.2 Å². The Balaban J connectivity index is 2.94. The number of aliphatic hydroxyl groups is 1. The van der Waals surface area contributed by atoms with Crippen molar-refractivity contribution in [1.29, 1.82) is 0 Å². The summed E-state index contributed by atoms with van der Waals surface area (Å²) in [7, 11) is 0. The van der Waals surface area contributed by atoms with Crippen LogP contribution in [0.2, 0.25) is 0 Å². The smallest absolute Gasteiger partial charge is 0.328 e. The number of amides is 3. The molecule has 6 atom stereocenters. The molecule has 0 aliphatic carbocycles. The van der Waals surface area contributed by atoms with Crippen LogP contribution >= 0.6 is 0 Å². The largest absolute Gasteiger partial charge is 0.480 e. The second-order valence-corrected chi connectivity index (χ2v) is 7.97. The van der Waals surface area contributed by atoms with Gasteiger partial charge in [-0.15, -0.1) is 0 Å². The fourth-order valence-electron chi connectivity index (χ4n) is 3.26. The maximum atomic E-state index is 13.0. The SMILES string of the molecule is CCC(C)C(NC(=O)C1CCCN1)C(=O)NC(C(=O)NC(CO)C(=O)O)C(C)CC. The molecule has 1 aliphatic heterocycles. The molecule has 1 heterocycles. The number of carbonyl (C=O) groups excluding carboxylic acids is 3. The van der Waals surface area contributed by atoms with Crippen molar-refractivity contribution in [3.05, 3.63) is 0 Å². The number of aliphatic hydroxyl groups excluding tert-OH is 1. The molecule has 0 spiro atoms. The summed E-state index contributed by atoms with van der Waals surface area (Å²) >= 11 is 0. The van der Waals surface area contributed by atoms with Gasteiger partial charge in [0.15, 0.2) is 0 Å². The lowest BCUT2D eigenvalue weighted by atomic mass is 9.94. The second kappa shape index (κ2) is 12.5. The maximum Gasteiger partial charge on any atom is 0.328 e. The average Bonchev–Trinajstić information content (AvgIpc) is 3.27. The summed E-state index contributed by atoms with van der Waals surface area (Å²) in [5, 5.41) is 29.1. The van der Waals surface area contributed by atoms with Crippen LogP contribution in [-0.4, -0.2) is 71.2 Å². The molecule has 1 fully saturated rings. The molecule has 6 unspecified atom stereocenters. The molecule has 0 aromatic rings. The predicted molar refractivity (Wildman–Crippen MR) is 110 cm³/mol. The molecule has 0 bridgehead atoms. The molecule has 1 rings (SSSR count). The summed E-state index contributed by atoms with van der Waals surface area (Å²) in [5.74, 6) is -3.25. The first-order chi connectivity index (χ1) is 14.2. The minimum Gasteiger partial charge on any atom is -0.480 e. The third-order valence-electron chi connectivity index (χ3n) is 5.76. The van der Waals surface area contributed by atoms with Crippen molar-refractivity contribution in [2.45, 2.75) is 77.5 Å². The highest BCUT2D eigenvalue weighted by molar-refractivity contribution is 5.94. The summed E-state index contributed by atoms with van der Waals surface area (Å²) in [6.45, 7) is 7.35. The standard InChI is InChI=1S/C20H36N4O6/c1-5-11(3)15(18(27)22-14(10-25)20(29)30)24-19(28)16(12(4)6-2)23-17(26)13-8-7-9-21-13/h11-16,21,25H,5-10H2,1-4H3,(H,22,27)(H,23,26)(H,24,28)(H,29,30). The molecule has 0 radical (unpaired) electrons. The first kappa shape index (κ1) is 25.8. The van der Waals surface area contributed by atoms with E-state index in [-0.39, 0.29) is 23.8 Å². The van der Waals surface area contributed by atoms with Crippen LogP contribution in [0.15, 0.2) is 0 Å². The molecule has 1 aliphatic rings. The number of aliphatic carboxylic acids is 1. The van der Waals surface area contributed by atoms with Gasteiger partial charge in [0.25, 0.3) is 0 Å². The van der Waals surface area contributed by atoms with Crippen molar-refractivity contribution >= 4 is 23.7 Å². The van der Waals surface area contributed by atoms with Gasteiger partial charge in [-0.3, -0.25) is 14.4 Å². The van der Waals surface area contributed by atoms with Crippen molar-refractivity contribution in [3.8, 4) is 0 Å². The molecule has 6 N–H and O–H groups in total. The summed E-state index contributed by atoms with van der Waals surface area (Å²) < 4.78 is 0. The Hall–Kier alpha value is -2.20. The highest BCUT2D eigenvalue weighted by Gasteiger charge is 2.34. The Bertz CT molecular complexity index is 608. The average molecular weight is 429 g/mol. The van der Waals surface area contributed by atoms with E-state index in [0.717, 1.165) is 13.0 Å². The number of hydrogen-bond acceptors (Lipinski definition) is 6. The summed E-state index contributed by atoms with van der Waals surface area (Å²) in [4.78, 5) is 49.3. The molecule has 10 nitrogen and oxygen atoms in total. The van der Waals surface area contributed by atoms with E-state index in [2.05, 4.69) is 21.3 Å². The van der Waals surface area contributed by atoms with Gasteiger partial charge in [-0.25, -0.2) is 4.79 Å². The summed E-state index contributed by atoms with van der Waals surface area (Å²) in [6.07, 6.45) is 2.80. The molecule has 30 heavy (non-hydrogen) atoms. The van der Waals surface area contributed by atoms with Crippen molar-refractivity contribution in [3.63, 3.8) is 0 Å². The lowest BCUT2D eigenvalue weighted by Gasteiger charge is -2.30. The third-order valence-corrected chi connectivity index (χ3v) is 5.76. The Labute approximate surface area is 177 Å².